The fourth-order valence-corrected chi connectivity index (χ4v) is 3.66. The minimum absolute atomic E-state index is 0.219. The normalized spacial score (nSPS) is 24.6. The van der Waals surface area contributed by atoms with Gasteiger partial charge in [-0.1, -0.05) is 49.0 Å². The van der Waals surface area contributed by atoms with Gasteiger partial charge in [-0.3, -0.25) is 0 Å². The molecule has 1 aliphatic rings. The minimum atomic E-state index is 0.219. The highest BCUT2D eigenvalue weighted by Gasteiger charge is 2.27. The molecule has 0 radical (unpaired) electrons. The summed E-state index contributed by atoms with van der Waals surface area (Å²) >= 11 is 12.3. The van der Waals surface area contributed by atoms with E-state index in [9.17, 15) is 5.11 Å². The predicted molar refractivity (Wildman–Crippen MR) is 85.5 cm³/mol. The van der Waals surface area contributed by atoms with Crippen LogP contribution in [0.4, 0.5) is 0 Å². The molecule has 1 aliphatic carbocycles. The second kappa shape index (κ2) is 7.65. The van der Waals surface area contributed by atoms with Gasteiger partial charge in [0.2, 0.25) is 0 Å². The van der Waals surface area contributed by atoms with Crippen LogP contribution in [-0.4, -0.2) is 17.8 Å². The van der Waals surface area contributed by atoms with Gasteiger partial charge in [-0.25, -0.2) is 0 Å². The van der Waals surface area contributed by atoms with Gasteiger partial charge < -0.3 is 10.4 Å². The summed E-state index contributed by atoms with van der Waals surface area (Å²) in [7, 11) is 0. The third kappa shape index (κ3) is 3.88. The van der Waals surface area contributed by atoms with Crippen molar-refractivity contribution in [2.45, 2.75) is 51.1 Å². The van der Waals surface area contributed by atoms with Crippen LogP contribution in [-0.2, 0) is 0 Å². The smallest absolute Gasteiger partial charge is 0.0474 e. The Kier molecular flexibility index (Phi) is 6.16. The monoisotopic (exact) mass is 315 g/mol. The molecule has 1 aromatic rings. The van der Waals surface area contributed by atoms with Crippen molar-refractivity contribution in [1.82, 2.24) is 5.32 Å². The molecule has 112 valence electrons. The minimum Gasteiger partial charge on any atom is -0.396 e. The van der Waals surface area contributed by atoms with Gasteiger partial charge in [0.15, 0.2) is 0 Å². The molecule has 4 heteroatoms. The molecule has 3 unspecified atom stereocenters. The van der Waals surface area contributed by atoms with Gasteiger partial charge >= 0.3 is 0 Å². The van der Waals surface area contributed by atoms with Crippen molar-refractivity contribution in [1.29, 1.82) is 0 Å². The summed E-state index contributed by atoms with van der Waals surface area (Å²) in [4.78, 5) is 0. The Balaban J connectivity index is 2.11. The number of aliphatic hydroxyl groups excluding tert-OH is 1. The molecule has 2 nitrogen and oxygen atoms in total. The maximum Gasteiger partial charge on any atom is 0.0474 e. The first-order chi connectivity index (χ1) is 9.65. The van der Waals surface area contributed by atoms with Crippen LogP contribution in [0.5, 0.6) is 0 Å². The van der Waals surface area contributed by atoms with Crippen LogP contribution < -0.4 is 5.32 Å². The quantitative estimate of drug-likeness (QED) is 0.833. The van der Waals surface area contributed by atoms with E-state index >= 15 is 0 Å². The van der Waals surface area contributed by atoms with Gasteiger partial charge in [-0.15, -0.1) is 0 Å². The molecule has 1 saturated carbocycles. The number of rotatable bonds is 5. The average Bonchev–Trinajstić information content (AvgIpc) is 2.46. The summed E-state index contributed by atoms with van der Waals surface area (Å²) in [5, 5.41) is 14.6. The molecular weight excluding hydrogens is 293 g/mol. The van der Waals surface area contributed by atoms with E-state index in [1.165, 1.54) is 12.8 Å². The first kappa shape index (κ1) is 16.1. The molecule has 0 bridgehead atoms. The van der Waals surface area contributed by atoms with E-state index in [1.54, 1.807) is 6.07 Å². The number of hydrogen-bond donors (Lipinski definition) is 2. The summed E-state index contributed by atoms with van der Waals surface area (Å²) in [6.45, 7) is 2.42. The first-order valence-electron chi connectivity index (χ1n) is 7.47. The molecule has 0 heterocycles. The van der Waals surface area contributed by atoms with Crippen molar-refractivity contribution in [3.05, 3.63) is 33.8 Å². The molecule has 0 aromatic heterocycles. The Labute approximate surface area is 131 Å². The maximum absolute atomic E-state index is 9.53. The Bertz CT molecular complexity index is 438. The lowest BCUT2D eigenvalue weighted by Gasteiger charge is -2.34. The van der Waals surface area contributed by atoms with E-state index in [0.29, 0.717) is 22.0 Å². The van der Waals surface area contributed by atoms with Gasteiger partial charge in [-0.2, -0.15) is 0 Å². The second-order valence-electron chi connectivity index (χ2n) is 5.63. The molecule has 0 saturated heterocycles. The van der Waals surface area contributed by atoms with E-state index in [4.69, 9.17) is 23.2 Å². The van der Waals surface area contributed by atoms with Gasteiger partial charge in [0.25, 0.3) is 0 Å². The lowest BCUT2D eigenvalue weighted by atomic mass is 9.84. The van der Waals surface area contributed by atoms with E-state index in [2.05, 4.69) is 12.2 Å². The number of hydrogen-bond acceptors (Lipinski definition) is 2. The third-order valence-corrected chi connectivity index (χ3v) is 4.87. The van der Waals surface area contributed by atoms with E-state index in [1.807, 2.05) is 12.1 Å². The molecule has 3 atom stereocenters. The zero-order chi connectivity index (χ0) is 14.5. The topological polar surface area (TPSA) is 32.3 Å². The Hall–Kier alpha value is -0.280. The van der Waals surface area contributed by atoms with Crippen molar-refractivity contribution in [2.24, 2.45) is 5.92 Å². The third-order valence-electron chi connectivity index (χ3n) is 4.31. The molecule has 20 heavy (non-hydrogen) atoms. The Morgan fingerprint density at radius 3 is 2.70 bits per heavy atom. The van der Waals surface area contributed by atoms with Crippen molar-refractivity contribution < 1.29 is 5.11 Å². The standard InChI is InChI=1S/C16H23Cl2NO/c1-2-15(13-8-7-12(17)9-14(13)18)19-16-6-4-3-5-11(16)10-20/h7-9,11,15-16,19-20H,2-6,10H2,1H3. The van der Waals surface area contributed by atoms with Crippen LogP contribution in [0.2, 0.25) is 10.0 Å². The van der Waals surface area contributed by atoms with Crippen LogP contribution in [0.1, 0.15) is 50.6 Å². The molecule has 0 spiro atoms. The second-order valence-corrected chi connectivity index (χ2v) is 6.47. The summed E-state index contributed by atoms with van der Waals surface area (Å²) in [5.41, 5.74) is 1.10. The van der Waals surface area contributed by atoms with Crippen LogP contribution in [0.3, 0.4) is 0 Å². The van der Waals surface area contributed by atoms with Gasteiger partial charge in [0, 0.05) is 28.7 Å². The Morgan fingerprint density at radius 1 is 1.30 bits per heavy atom. The molecule has 1 aromatic carbocycles. The number of nitrogens with one attached hydrogen (secondary N) is 1. The SMILES string of the molecule is CCC(NC1CCCCC1CO)c1ccc(Cl)cc1Cl. The zero-order valence-electron chi connectivity index (χ0n) is 11.9. The molecule has 2 N–H and O–H groups in total. The van der Waals surface area contributed by atoms with Gasteiger partial charge in [0.05, 0.1) is 0 Å². The summed E-state index contributed by atoms with van der Waals surface area (Å²) in [6.07, 6.45) is 5.67. The summed E-state index contributed by atoms with van der Waals surface area (Å²) in [5.74, 6) is 0.365. The number of aliphatic hydroxyl groups is 1. The largest absolute Gasteiger partial charge is 0.396 e. The fourth-order valence-electron chi connectivity index (χ4n) is 3.12. The number of benzene rings is 1. The van der Waals surface area contributed by atoms with Gasteiger partial charge in [0.1, 0.15) is 0 Å². The van der Waals surface area contributed by atoms with E-state index in [-0.39, 0.29) is 12.6 Å². The lowest BCUT2D eigenvalue weighted by molar-refractivity contribution is 0.145. The molecule has 0 amide bonds. The molecule has 0 aliphatic heterocycles. The molecule has 1 fully saturated rings. The maximum atomic E-state index is 9.53. The molecular formula is C16H23Cl2NO. The zero-order valence-corrected chi connectivity index (χ0v) is 13.4. The van der Waals surface area contributed by atoms with Crippen molar-refractivity contribution >= 4 is 23.2 Å². The highest BCUT2D eigenvalue weighted by atomic mass is 35.5. The number of halogens is 2. The average molecular weight is 316 g/mol. The Morgan fingerprint density at radius 2 is 2.05 bits per heavy atom. The first-order valence-corrected chi connectivity index (χ1v) is 8.23. The van der Waals surface area contributed by atoms with Crippen LogP contribution in [0, 0.1) is 5.92 Å². The summed E-state index contributed by atoms with van der Waals surface area (Å²) in [6, 6.07) is 6.29. The van der Waals surface area contributed by atoms with Crippen LogP contribution in [0.25, 0.3) is 0 Å². The van der Waals surface area contributed by atoms with E-state index in [0.717, 1.165) is 24.8 Å². The van der Waals surface area contributed by atoms with E-state index < -0.39 is 0 Å². The fraction of sp³-hybridized carbons (Fsp3) is 0.625. The van der Waals surface area contributed by atoms with Crippen molar-refractivity contribution in [3.8, 4) is 0 Å². The predicted octanol–water partition coefficient (Wildman–Crippen LogP) is 4.59. The van der Waals surface area contributed by atoms with Crippen molar-refractivity contribution in [2.75, 3.05) is 6.61 Å². The van der Waals surface area contributed by atoms with Crippen LogP contribution >= 0.6 is 23.2 Å². The van der Waals surface area contributed by atoms with Gasteiger partial charge in [-0.05, 0) is 42.9 Å². The van der Waals surface area contributed by atoms with Crippen molar-refractivity contribution in [3.63, 3.8) is 0 Å². The highest BCUT2D eigenvalue weighted by Crippen LogP contribution is 2.31. The summed E-state index contributed by atoms with van der Waals surface area (Å²) < 4.78 is 0. The lowest BCUT2D eigenvalue weighted by Crippen LogP contribution is -2.42. The van der Waals surface area contributed by atoms with Crippen LogP contribution in [0.15, 0.2) is 18.2 Å². The highest BCUT2D eigenvalue weighted by molar-refractivity contribution is 6.35. The molecule has 2 rings (SSSR count).